The Balaban J connectivity index is 2.08. The molecule has 4 N–H and O–H groups in total. The van der Waals surface area contributed by atoms with Crippen molar-refractivity contribution in [3.63, 3.8) is 0 Å². The molecule has 1 aromatic heterocycles. The van der Waals surface area contributed by atoms with E-state index in [0.29, 0.717) is 16.7 Å². The zero-order valence-electron chi connectivity index (χ0n) is 19.3. The van der Waals surface area contributed by atoms with Crippen molar-refractivity contribution in [2.24, 2.45) is 0 Å². The van der Waals surface area contributed by atoms with Crippen LogP contribution in [0.3, 0.4) is 0 Å². The molecule has 8 nitrogen and oxygen atoms in total. The number of hydrogen-bond donors (Lipinski definition) is 4. The number of methoxy groups -OCH3 is 1. The number of phenols is 3. The van der Waals surface area contributed by atoms with Gasteiger partial charge in [0.15, 0.2) is 17.3 Å². The Morgan fingerprint density at radius 2 is 1.88 bits per heavy atom. The molecule has 2 heterocycles. The van der Waals surface area contributed by atoms with Gasteiger partial charge < -0.3 is 34.3 Å². The van der Waals surface area contributed by atoms with E-state index in [2.05, 4.69) is 6.58 Å². The molecule has 8 heteroatoms. The van der Waals surface area contributed by atoms with Gasteiger partial charge in [-0.25, -0.2) is 0 Å². The molecule has 1 atom stereocenters. The topological polar surface area (TPSA) is 130 Å². The third-order valence-corrected chi connectivity index (χ3v) is 5.79. The van der Waals surface area contributed by atoms with Crippen molar-refractivity contribution in [3.8, 4) is 40.1 Å². The number of aliphatic hydroxyl groups is 1. The van der Waals surface area contributed by atoms with E-state index in [4.69, 9.17) is 13.9 Å². The molecular weight excluding hydrogens is 440 g/mol. The highest BCUT2D eigenvalue weighted by Gasteiger charge is 2.30. The van der Waals surface area contributed by atoms with Crippen LogP contribution in [-0.2, 0) is 6.42 Å². The van der Waals surface area contributed by atoms with Gasteiger partial charge in [0.05, 0.1) is 13.2 Å². The molecule has 34 heavy (non-hydrogen) atoms. The zero-order valence-corrected chi connectivity index (χ0v) is 19.3. The summed E-state index contributed by atoms with van der Waals surface area (Å²) >= 11 is 0. The molecule has 0 amide bonds. The molecule has 0 saturated heterocycles. The monoisotopic (exact) mass is 466 g/mol. The van der Waals surface area contributed by atoms with Gasteiger partial charge in [0.25, 0.3) is 0 Å². The summed E-state index contributed by atoms with van der Waals surface area (Å²) in [4.78, 5) is 13.4. The number of phenolic OH excluding ortho intramolecular Hbond substituents is 3. The van der Waals surface area contributed by atoms with Crippen molar-refractivity contribution in [3.05, 3.63) is 57.8 Å². The van der Waals surface area contributed by atoms with E-state index in [9.17, 15) is 25.2 Å². The molecule has 0 radical (unpaired) electrons. The number of aromatic hydroxyl groups is 3. The van der Waals surface area contributed by atoms with Crippen LogP contribution in [0.25, 0.3) is 28.4 Å². The number of fused-ring (bicyclic) bond motifs is 2. The SMILES string of the molecule is C=C(C)C(O)Cc1c(O)cc(O)c2c(=O)c(OC)c(-c3ccc(O)c4c3C=CC(C)(C)O4)oc12. The second-order valence-corrected chi connectivity index (χ2v) is 8.87. The summed E-state index contributed by atoms with van der Waals surface area (Å²) in [6.45, 7) is 9.02. The Morgan fingerprint density at radius 3 is 2.53 bits per heavy atom. The Labute approximate surface area is 195 Å². The van der Waals surface area contributed by atoms with Crippen molar-refractivity contribution < 1.29 is 34.3 Å². The average Bonchev–Trinajstić information content (AvgIpc) is 2.75. The van der Waals surface area contributed by atoms with Crippen LogP contribution >= 0.6 is 0 Å². The van der Waals surface area contributed by atoms with Crippen LogP contribution in [0, 0.1) is 0 Å². The lowest BCUT2D eigenvalue weighted by Gasteiger charge is -2.29. The van der Waals surface area contributed by atoms with Crippen molar-refractivity contribution in [2.75, 3.05) is 7.11 Å². The molecule has 0 saturated carbocycles. The van der Waals surface area contributed by atoms with Gasteiger partial charge in [-0.3, -0.25) is 4.79 Å². The molecule has 178 valence electrons. The molecule has 2 aromatic carbocycles. The minimum atomic E-state index is -1.02. The summed E-state index contributed by atoms with van der Waals surface area (Å²) in [7, 11) is 1.30. The Hall–Kier alpha value is -3.91. The van der Waals surface area contributed by atoms with Gasteiger partial charge in [0, 0.05) is 29.2 Å². The highest BCUT2D eigenvalue weighted by molar-refractivity contribution is 5.92. The van der Waals surface area contributed by atoms with E-state index in [-0.39, 0.29) is 51.7 Å². The first-order valence-corrected chi connectivity index (χ1v) is 10.6. The minimum Gasteiger partial charge on any atom is -0.507 e. The van der Waals surface area contributed by atoms with Gasteiger partial charge in [-0.2, -0.15) is 0 Å². The quantitative estimate of drug-likeness (QED) is 0.411. The second-order valence-electron chi connectivity index (χ2n) is 8.87. The third kappa shape index (κ3) is 3.76. The van der Waals surface area contributed by atoms with Crippen molar-refractivity contribution in [1.29, 1.82) is 0 Å². The fraction of sp³-hybridized carbons (Fsp3) is 0.269. The van der Waals surface area contributed by atoms with Gasteiger partial charge >= 0.3 is 0 Å². The summed E-state index contributed by atoms with van der Waals surface area (Å²) in [5.41, 5.74) is 0.0179. The highest BCUT2D eigenvalue weighted by atomic mass is 16.5. The lowest BCUT2D eigenvalue weighted by molar-refractivity contribution is 0.153. The molecule has 0 spiro atoms. The lowest BCUT2D eigenvalue weighted by atomic mass is 9.95. The molecule has 4 rings (SSSR count). The predicted molar refractivity (Wildman–Crippen MR) is 128 cm³/mol. The van der Waals surface area contributed by atoms with Gasteiger partial charge in [0.2, 0.25) is 11.2 Å². The summed E-state index contributed by atoms with van der Waals surface area (Å²) in [5.74, 6) is -0.865. The zero-order chi connectivity index (χ0) is 24.9. The van der Waals surface area contributed by atoms with E-state index < -0.39 is 22.9 Å². The first-order valence-electron chi connectivity index (χ1n) is 10.6. The van der Waals surface area contributed by atoms with Crippen molar-refractivity contribution in [2.45, 2.75) is 38.9 Å². The Kier molecular flexibility index (Phi) is 5.57. The van der Waals surface area contributed by atoms with Crippen LogP contribution in [0.5, 0.6) is 28.7 Å². The van der Waals surface area contributed by atoms with Gasteiger partial charge in [-0.05, 0) is 39.0 Å². The maximum atomic E-state index is 13.4. The summed E-state index contributed by atoms with van der Waals surface area (Å²) in [5, 5.41) is 41.5. The first kappa shape index (κ1) is 23.3. The molecule has 0 aliphatic carbocycles. The molecular formula is C26H26O8. The largest absolute Gasteiger partial charge is 0.507 e. The molecule has 3 aromatic rings. The van der Waals surface area contributed by atoms with E-state index in [1.807, 2.05) is 13.8 Å². The smallest absolute Gasteiger partial charge is 0.239 e. The van der Waals surface area contributed by atoms with Crippen LogP contribution in [-0.4, -0.2) is 39.2 Å². The number of benzene rings is 2. The molecule has 1 aliphatic heterocycles. The molecule has 1 aliphatic rings. The van der Waals surface area contributed by atoms with E-state index in [1.165, 1.54) is 13.2 Å². The minimum absolute atomic E-state index is 0.0141. The Morgan fingerprint density at radius 1 is 1.18 bits per heavy atom. The van der Waals surface area contributed by atoms with Gasteiger partial charge in [-0.1, -0.05) is 18.2 Å². The van der Waals surface area contributed by atoms with Crippen molar-refractivity contribution in [1.82, 2.24) is 0 Å². The van der Waals surface area contributed by atoms with Crippen LogP contribution in [0.15, 0.2) is 45.6 Å². The van der Waals surface area contributed by atoms with Gasteiger partial charge in [0.1, 0.15) is 28.1 Å². The summed E-state index contributed by atoms with van der Waals surface area (Å²) in [6, 6.07) is 4.00. The third-order valence-electron chi connectivity index (χ3n) is 5.79. The number of ether oxygens (including phenoxy) is 2. The Bertz CT molecular complexity index is 1410. The number of hydrogen-bond acceptors (Lipinski definition) is 8. The highest BCUT2D eigenvalue weighted by Crippen LogP contribution is 2.46. The summed E-state index contributed by atoms with van der Waals surface area (Å²) < 4.78 is 17.4. The van der Waals surface area contributed by atoms with E-state index >= 15 is 0 Å². The van der Waals surface area contributed by atoms with Crippen LogP contribution in [0.2, 0.25) is 0 Å². The normalized spacial score (nSPS) is 15.0. The van der Waals surface area contributed by atoms with E-state index in [1.54, 1.807) is 25.1 Å². The lowest BCUT2D eigenvalue weighted by Crippen LogP contribution is -2.27. The fourth-order valence-electron chi connectivity index (χ4n) is 3.94. The van der Waals surface area contributed by atoms with Crippen LogP contribution < -0.4 is 14.9 Å². The predicted octanol–water partition coefficient (Wildman–Crippen LogP) is 4.25. The maximum Gasteiger partial charge on any atom is 0.239 e. The van der Waals surface area contributed by atoms with E-state index in [0.717, 1.165) is 6.07 Å². The second kappa shape index (κ2) is 8.14. The standard InChI is InChI=1S/C26H26O8/c1-12(2)17(28)10-15-18(29)11-19(30)20-21(31)25(32-5)24(33-23(15)20)13-6-7-16(27)22-14(13)8-9-26(3,4)34-22/h6-9,11,17,27-30H,1,10H2,2-5H3. The molecule has 0 fully saturated rings. The molecule has 1 unspecified atom stereocenters. The van der Waals surface area contributed by atoms with Crippen LogP contribution in [0.1, 0.15) is 31.9 Å². The maximum absolute atomic E-state index is 13.4. The number of aliphatic hydroxyl groups excluding tert-OH is 1. The summed E-state index contributed by atoms with van der Waals surface area (Å²) in [6.07, 6.45) is 2.44. The van der Waals surface area contributed by atoms with Gasteiger partial charge in [-0.15, -0.1) is 0 Å². The molecule has 0 bridgehead atoms. The fourth-order valence-corrected chi connectivity index (χ4v) is 3.94. The average molecular weight is 466 g/mol. The van der Waals surface area contributed by atoms with Crippen molar-refractivity contribution >= 4 is 17.0 Å². The number of rotatable bonds is 5. The van der Waals surface area contributed by atoms with Crippen LogP contribution in [0.4, 0.5) is 0 Å². The first-order chi connectivity index (χ1) is 15.9.